The van der Waals surface area contributed by atoms with Crippen molar-refractivity contribution in [2.75, 3.05) is 24.6 Å². The number of likely N-dealkylation sites (N-methyl/N-ethyl adjacent to an activating group) is 1. The summed E-state index contributed by atoms with van der Waals surface area (Å²) >= 11 is 5.79. The van der Waals surface area contributed by atoms with Crippen LogP contribution in [0, 0.1) is 0 Å². The highest BCUT2D eigenvalue weighted by Crippen LogP contribution is 2.13. The standard InChI is InChI=1S/C16H21ClN2O5S2/c1-2-19(11-16(20)18-15-8-9-25(21,22)12-15)26(23,24)10-7-13-3-5-14(17)6-4-13/h3-7,10,15H,2,8-9,11-12H2,1H3,(H,18,20)/b10-7+/t15-/m0/s1. The van der Waals surface area contributed by atoms with E-state index in [2.05, 4.69) is 5.32 Å². The van der Waals surface area contributed by atoms with Gasteiger partial charge in [0.1, 0.15) is 0 Å². The Morgan fingerprint density at radius 1 is 1.35 bits per heavy atom. The van der Waals surface area contributed by atoms with Crippen LogP contribution in [-0.2, 0) is 24.7 Å². The number of carbonyl (C=O) groups excluding carboxylic acids is 1. The lowest BCUT2D eigenvalue weighted by Crippen LogP contribution is -2.44. The molecule has 1 aliphatic rings. The fourth-order valence-electron chi connectivity index (χ4n) is 2.55. The lowest BCUT2D eigenvalue weighted by molar-refractivity contribution is -0.121. The summed E-state index contributed by atoms with van der Waals surface area (Å²) in [6, 6.07) is 6.19. The highest BCUT2D eigenvalue weighted by Gasteiger charge is 2.30. The Balaban J connectivity index is 1.99. The van der Waals surface area contributed by atoms with Gasteiger partial charge in [-0.15, -0.1) is 0 Å². The van der Waals surface area contributed by atoms with E-state index in [1.807, 2.05) is 0 Å². The van der Waals surface area contributed by atoms with Crippen molar-refractivity contribution in [3.63, 3.8) is 0 Å². The molecule has 1 saturated heterocycles. The first-order valence-corrected chi connectivity index (χ1v) is 11.7. The van der Waals surface area contributed by atoms with Crippen molar-refractivity contribution in [2.45, 2.75) is 19.4 Å². The van der Waals surface area contributed by atoms with E-state index < -0.39 is 31.8 Å². The topological polar surface area (TPSA) is 101 Å². The van der Waals surface area contributed by atoms with Gasteiger partial charge < -0.3 is 5.32 Å². The van der Waals surface area contributed by atoms with Gasteiger partial charge in [-0.2, -0.15) is 4.31 Å². The first-order chi connectivity index (χ1) is 12.1. The van der Waals surface area contributed by atoms with Crippen molar-refractivity contribution >= 4 is 43.4 Å². The van der Waals surface area contributed by atoms with Crippen LogP contribution in [0.15, 0.2) is 29.7 Å². The van der Waals surface area contributed by atoms with E-state index in [4.69, 9.17) is 11.6 Å². The normalized spacial score (nSPS) is 19.9. The number of benzene rings is 1. The van der Waals surface area contributed by atoms with E-state index in [0.29, 0.717) is 17.0 Å². The maximum atomic E-state index is 12.4. The summed E-state index contributed by atoms with van der Waals surface area (Å²) in [5.74, 6) is -0.580. The number of hydrogen-bond donors (Lipinski definition) is 1. The summed E-state index contributed by atoms with van der Waals surface area (Å²) in [7, 11) is -6.90. The summed E-state index contributed by atoms with van der Waals surface area (Å²) in [6.45, 7) is 1.38. The van der Waals surface area contributed by atoms with Gasteiger partial charge in [0, 0.05) is 23.0 Å². The van der Waals surface area contributed by atoms with E-state index in [9.17, 15) is 21.6 Å². The fraction of sp³-hybridized carbons (Fsp3) is 0.438. The van der Waals surface area contributed by atoms with Crippen molar-refractivity contribution < 1.29 is 21.6 Å². The molecule has 1 heterocycles. The van der Waals surface area contributed by atoms with Crippen LogP contribution in [0.25, 0.3) is 6.08 Å². The molecule has 1 N–H and O–H groups in total. The quantitative estimate of drug-likeness (QED) is 0.715. The lowest BCUT2D eigenvalue weighted by Gasteiger charge is -2.19. The molecule has 1 aliphatic heterocycles. The monoisotopic (exact) mass is 420 g/mol. The zero-order valence-electron chi connectivity index (χ0n) is 14.3. The van der Waals surface area contributed by atoms with Gasteiger partial charge in [-0.3, -0.25) is 4.79 Å². The molecule has 1 aromatic rings. The Bertz CT molecular complexity index is 880. The minimum absolute atomic E-state index is 0.0393. The van der Waals surface area contributed by atoms with Gasteiger partial charge in [0.2, 0.25) is 15.9 Å². The molecular weight excluding hydrogens is 400 g/mol. The third-order valence-electron chi connectivity index (χ3n) is 3.93. The van der Waals surface area contributed by atoms with Gasteiger partial charge in [0.05, 0.1) is 18.1 Å². The van der Waals surface area contributed by atoms with Gasteiger partial charge in [0.25, 0.3) is 0 Å². The van der Waals surface area contributed by atoms with Gasteiger partial charge in [-0.1, -0.05) is 30.7 Å². The lowest BCUT2D eigenvalue weighted by atomic mass is 10.2. The van der Waals surface area contributed by atoms with Gasteiger partial charge in [0.15, 0.2) is 9.84 Å². The first kappa shape index (κ1) is 20.9. The van der Waals surface area contributed by atoms with Crippen LogP contribution in [0.2, 0.25) is 5.02 Å². The SMILES string of the molecule is CCN(CC(=O)N[C@H]1CCS(=O)(=O)C1)S(=O)(=O)/C=C/c1ccc(Cl)cc1. The van der Waals surface area contributed by atoms with Crippen LogP contribution < -0.4 is 5.32 Å². The predicted molar refractivity (Wildman–Crippen MR) is 102 cm³/mol. The Labute approximate surface area is 159 Å². The Hall–Kier alpha value is -1.42. The molecule has 0 unspecified atom stereocenters. The van der Waals surface area contributed by atoms with Gasteiger partial charge in [-0.05, 0) is 30.2 Å². The summed E-state index contributed by atoms with van der Waals surface area (Å²) in [5, 5.41) is 4.17. The van der Waals surface area contributed by atoms with E-state index in [1.165, 1.54) is 6.08 Å². The van der Waals surface area contributed by atoms with Crippen LogP contribution in [0.5, 0.6) is 0 Å². The molecule has 0 spiro atoms. The van der Waals surface area contributed by atoms with Gasteiger partial charge in [-0.25, -0.2) is 16.8 Å². The third kappa shape index (κ3) is 6.08. The molecule has 1 aromatic carbocycles. The molecule has 26 heavy (non-hydrogen) atoms. The van der Waals surface area contributed by atoms with E-state index in [0.717, 1.165) is 9.71 Å². The van der Waals surface area contributed by atoms with E-state index >= 15 is 0 Å². The molecule has 1 atom stereocenters. The van der Waals surface area contributed by atoms with Crippen molar-refractivity contribution in [1.29, 1.82) is 0 Å². The number of rotatable bonds is 7. The average Bonchev–Trinajstić information content (AvgIpc) is 2.90. The molecular formula is C16H21ClN2O5S2. The maximum absolute atomic E-state index is 12.4. The van der Waals surface area contributed by atoms with Crippen LogP contribution in [-0.4, -0.2) is 57.7 Å². The smallest absolute Gasteiger partial charge is 0.236 e. The second-order valence-corrected chi connectivity index (χ2v) is 10.5. The van der Waals surface area contributed by atoms with Crippen molar-refractivity contribution in [1.82, 2.24) is 9.62 Å². The number of sulfone groups is 1. The number of sulfonamides is 1. The molecule has 1 amide bonds. The van der Waals surface area contributed by atoms with Gasteiger partial charge >= 0.3 is 0 Å². The first-order valence-electron chi connectivity index (χ1n) is 8.05. The summed E-state index contributed by atoms with van der Waals surface area (Å²) < 4.78 is 48.7. The number of amides is 1. The largest absolute Gasteiger partial charge is 0.351 e. The zero-order chi connectivity index (χ0) is 19.4. The zero-order valence-corrected chi connectivity index (χ0v) is 16.6. The average molecular weight is 421 g/mol. The summed E-state index contributed by atoms with van der Waals surface area (Å²) in [5.41, 5.74) is 0.662. The Morgan fingerprint density at radius 3 is 2.54 bits per heavy atom. The molecule has 0 saturated carbocycles. The van der Waals surface area contributed by atoms with Crippen molar-refractivity contribution in [3.8, 4) is 0 Å². The maximum Gasteiger partial charge on any atom is 0.236 e. The van der Waals surface area contributed by atoms with Crippen LogP contribution in [0.3, 0.4) is 0 Å². The highest BCUT2D eigenvalue weighted by molar-refractivity contribution is 7.92. The molecule has 0 aromatic heterocycles. The summed E-state index contributed by atoms with van der Waals surface area (Å²) in [6.07, 6.45) is 1.78. The van der Waals surface area contributed by atoms with Crippen molar-refractivity contribution in [2.24, 2.45) is 0 Å². The molecule has 7 nitrogen and oxygen atoms in total. The molecule has 1 fully saturated rings. The van der Waals surface area contributed by atoms with E-state index in [1.54, 1.807) is 31.2 Å². The number of nitrogens with one attached hydrogen (secondary N) is 1. The Morgan fingerprint density at radius 2 is 2.00 bits per heavy atom. The number of carbonyl (C=O) groups is 1. The van der Waals surface area contributed by atoms with E-state index in [-0.39, 0.29) is 24.6 Å². The fourth-order valence-corrected chi connectivity index (χ4v) is 5.51. The van der Waals surface area contributed by atoms with Crippen LogP contribution in [0.4, 0.5) is 0 Å². The molecule has 0 radical (unpaired) electrons. The number of halogens is 1. The van der Waals surface area contributed by atoms with Crippen LogP contribution >= 0.6 is 11.6 Å². The minimum Gasteiger partial charge on any atom is -0.351 e. The predicted octanol–water partition coefficient (Wildman–Crippen LogP) is 1.27. The number of hydrogen-bond acceptors (Lipinski definition) is 5. The highest BCUT2D eigenvalue weighted by atomic mass is 35.5. The second kappa shape index (κ2) is 8.51. The minimum atomic E-state index is -3.79. The molecule has 144 valence electrons. The van der Waals surface area contributed by atoms with Crippen molar-refractivity contribution in [3.05, 3.63) is 40.3 Å². The Kier molecular flexibility index (Phi) is 6.84. The molecule has 0 aliphatic carbocycles. The molecule has 10 heteroatoms. The van der Waals surface area contributed by atoms with Crippen LogP contribution in [0.1, 0.15) is 18.9 Å². The number of nitrogens with zero attached hydrogens (tertiary/aromatic N) is 1. The molecule has 0 bridgehead atoms. The second-order valence-electron chi connectivity index (χ2n) is 5.99. The third-order valence-corrected chi connectivity index (χ3v) is 7.54. The summed E-state index contributed by atoms with van der Waals surface area (Å²) in [4.78, 5) is 12.1. The molecule has 2 rings (SSSR count).